The Bertz CT molecular complexity index is 540. The van der Waals surface area contributed by atoms with E-state index in [0.29, 0.717) is 16.7 Å². The fraction of sp³-hybridized carbons (Fsp3) is 0.533. The van der Waals surface area contributed by atoms with Crippen LogP contribution < -0.4 is 0 Å². The summed E-state index contributed by atoms with van der Waals surface area (Å²) in [6.45, 7) is 3.54. The van der Waals surface area contributed by atoms with Gasteiger partial charge in [0, 0.05) is 23.3 Å². The summed E-state index contributed by atoms with van der Waals surface area (Å²) in [5.74, 6) is -0.823. The maximum atomic E-state index is 12.3. The molecule has 0 bridgehead atoms. The van der Waals surface area contributed by atoms with Crippen LogP contribution >= 0.6 is 0 Å². The zero-order valence-corrected chi connectivity index (χ0v) is 11.7. The fourth-order valence-corrected chi connectivity index (χ4v) is 2.77. The number of rotatable bonds is 4. The molecule has 1 atom stereocenters. The van der Waals surface area contributed by atoms with Gasteiger partial charge in [-0.3, -0.25) is 14.4 Å². The van der Waals surface area contributed by atoms with Crippen molar-refractivity contribution < 1.29 is 24.2 Å². The van der Waals surface area contributed by atoms with Gasteiger partial charge in [-0.15, -0.1) is 0 Å². The first-order valence-electron chi connectivity index (χ1n) is 6.72. The van der Waals surface area contributed by atoms with Gasteiger partial charge in [0.1, 0.15) is 0 Å². The molecule has 0 aliphatic heterocycles. The van der Waals surface area contributed by atoms with E-state index in [0.717, 1.165) is 0 Å². The average molecular weight is 278 g/mol. The summed E-state index contributed by atoms with van der Waals surface area (Å²) >= 11 is 0. The van der Waals surface area contributed by atoms with Crippen molar-refractivity contribution in [1.29, 1.82) is 0 Å². The maximum Gasteiger partial charge on any atom is 0.312 e. The van der Waals surface area contributed by atoms with Gasteiger partial charge in [-0.05, 0) is 39.2 Å². The first-order chi connectivity index (χ1) is 9.42. The number of aliphatic hydroxyl groups is 1. The van der Waals surface area contributed by atoms with Crippen molar-refractivity contribution in [2.45, 2.75) is 33.1 Å². The number of hydrogen-bond donors (Lipinski definition) is 1. The van der Waals surface area contributed by atoms with Crippen molar-refractivity contribution in [2.24, 2.45) is 5.41 Å². The van der Waals surface area contributed by atoms with Gasteiger partial charge in [0.15, 0.2) is 11.6 Å². The molecule has 0 saturated heterocycles. The second-order valence-corrected chi connectivity index (χ2v) is 5.43. The van der Waals surface area contributed by atoms with Gasteiger partial charge < -0.3 is 9.84 Å². The van der Waals surface area contributed by atoms with Crippen LogP contribution in [0.25, 0.3) is 0 Å². The molecule has 0 aromatic heterocycles. The van der Waals surface area contributed by atoms with Crippen molar-refractivity contribution in [3.63, 3.8) is 0 Å². The van der Waals surface area contributed by atoms with Crippen molar-refractivity contribution in [2.75, 3.05) is 13.2 Å². The normalized spacial score (nSPS) is 25.6. The molecule has 0 fully saturated rings. The van der Waals surface area contributed by atoms with E-state index in [-0.39, 0.29) is 50.0 Å². The number of esters is 1. The van der Waals surface area contributed by atoms with Crippen LogP contribution in [0.1, 0.15) is 33.1 Å². The summed E-state index contributed by atoms with van der Waals surface area (Å²) in [6, 6.07) is 0. The smallest absolute Gasteiger partial charge is 0.312 e. The molecule has 0 spiro atoms. The van der Waals surface area contributed by atoms with Gasteiger partial charge in [-0.25, -0.2) is 0 Å². The van der Waals surface area contributed by atoms with Gasteiger partial charge in [0.05, 0.1) is 12.0 Å². The molecule has 1 N–H and O–H groups in total. The van der Waals surface area contributed by atoms with Crippen LogP contribution in [0.4, 0.5) is 0 Å². The Kier molecular flexibility index (Phi) is 3.90. The SMILES string of the molecule is CCOC(=O)C1(C)CC2=C(C1)C(=O)C(CCO)=CC2=O. The van der Waals surface area contributed by atoms with E-state index in [9.17, 15) is 14.4 Å². The summed E-state index contributed by atoms with van der Waals surface area (Å²) in [7, 11) is 0. The van der Waals surface area contributed by atoms with Crippen LogP contribution in [0, 0.1) is 5.41 Å². The van der Waals surface area contributed by atoms with Gasteiger partial charge in [-0.1, -0.05) is 0 Å². The van der Waals surface area contributed by atoms with Gasteiger partial charge in [0.25, 0.3) is 0 Å². The van der Waals surface area contributed by atoms with Crippen molar-refractivity contribution in [3.05, 3.63) is 22.8 Å². The Balaban J connectivity index is 2.25. The lowest BCUT2D eigenvalue weighted by atomic mass is 9.85. The Morgan fingerprint density at radius 3 is 2.60 bits per heavy atom. The lowest BCUT2D eigenvalue weighted by Gasteiger charge is -2.21. The van der Waals surface area contributed by atoms with E-state index in [1.807, 2.05) is 0 Å². The summed E-state index contributed by atoms with van der Waals surface area (Å²) < 4.78 is 5.03. The fourth-order valence-electron chi connectivity index (χ4n) is 2.77. The Hall–Kier alpha value is -1.75. The predicted octanol–water partition coefficient (Wildman–Crippen LogP) is 1.11. The lowest BCUT2D eigenvalue weighted by molar-refractivity contribution is -0.153. The standard InChI is InChI=1S/C15H18O5/c1-3-20-14(19)15(2)7-10-11(8-15)13(18)9(4-5-16)6-12(10)17/h6,16H,3-5,7-8H2,1-2H3. The number of Topliss-reactive ketones (excluding diaryl/α,β-unsaturated/α-hetero) is 1. The second-order valence-electron chi connectivity index (χ2n) is 5.43. The molecule has 1 unspecified atom stereocenters. The number of carbonyl (C=O) groups excluding carboxylic acids is 3. The van der Waals surface area contributed by atoms with Crippen LogP contribution in [-0.2, 0) is 19.1 Å². The highest BCUT2D eigenvalue weighted by Gasteiger charge is 2.47. The minimum atomic E-state index is -0.839. The third-order valence-corrected chi connectivity index (χ3v) is 3.82. The van der Waals surface area contributed by atoms with Crippen LogP contribution in [-0.4, -0.2) is 35.9 Å². The number of aliphatic hydroxyl groups excluding tert-OH is 1. The molecule has 2 aliphatic rings. The molecule has 0 saturated carbocycles. The first-order valence-corrected chi connectivity index (χ1v) is 6.72. The summed E-state index contributed by atoms with van der Waals surface area (Å²) in [5.41, 5.74) is 0.321. The predicted molar refractivity (Wildman–Crippen MR) is 70.8 cm³/mol. The van der Waals surface area contributed by atoms with E-state index in [4.69, 9.17) is 9.84 Å². The van der Waals surface area contributed by atoms with E-state index in [2.05, 4.69) is 0 Å². The molecule has 0 radical (unpaired) electrons. The highest BCUT2D eigenvalue weighted by molar-refractivity contribution is 6.23. The molecule has 0 aromatic rings. The first kappa shape index (κ1) is 14.7. The Labute approximate surface area is 117 Å². The lowest BCUT2D eigenvalue weighted by Crippen LogP contribution is -2.28. The minimum absolute atomic E-state index is 0.164. The van der Waals surface area contributed by atoms with E-state index < -0.39 is 5.41 Å². The van der Waals surface area contributed by atoms with Crippen molar-refractivity contribution >= 4 is 17.5 Å². The zero-order valence-electron chi connectivity index (χ0n) is 11.7. The van der Waals surface area contributed by atoms with Crippen LogP contribution in [0.5, 0.6) is 0 Å². The monoisotopic (exact) mass is 278 g/mol. The topological polar surface area (TPSA) is 80.7 Å². The van der Waals surface area contributed by atoms with E-state index >= 15 is 0 Å². The molecular formula is C15H18O5. The largest absolute Gasteiger partial charge is 0.466 e. The van der Waals surface area contributed by atoms with Crippen molar-refractivity contribution in [1.82, 2.24) is 0 Å². The molecule has 2 rings (SSSR count). The van der Waals surface area contributed by atoms with Crippen molar-refractivity contribution in [3.8, 4) is 0 Å². The maximum absolute atomic E-state index is 12.3. The molecule has 0 heterocycles. The van der Waals surface area contributed by atoms with Gasteiger partial charge in [0.2, 0.25) is 0 Å². The number of ketones is 2. The number of hydrogen-bond acceptors (Lipinski definition) is 5. The number of carbonyl (C=O) groups is 3. The molecule has 0 amide bonds. The molecule has 108 valence electrons. The van der Waals surface area contributed by atoms with Crippen LogP contribution in [0.2, 0.25) is 0 Å². The quantitative estimate of drug-likeness (QED) is 0.615. The number of allylic oxidation sites excluding steroid dienone is 3. The Morgan fingerprint density at radius 2 is 2.00 bits per heavy atom. The minimum Gasteiger partial charge on any atom is -0.466 e. The summed E-state index contributed by atoms with van der Waals surface area (Å²) in [6.07, 6.45) is 1.93. The molecule has 5 heteroatoms. The molecule has 0 aromatic carbocycles. The van der Waals surface area contributed by atoms with Gasteiger partial charge in [-0.2, -0.15) is 0 Å². The molecule has 20 heavy (non-hydrogen) atoms. The zero-order chi connectivity index (χ0) is 14.9. The van der Waals surface area contributed by atoms with Crippen LogP contribution in [0.3, 0.4) is 0 Å². The highest BCUT2D eigenvalue weighted by Crippen LogP contribution is 2.45. The molecule has 2 aliphatic carbocycles. The second kappa shape index (κ2) is 5.32. The number of ether oxygens (including phenoxy) is 1. The van der Waals surface area contributed by atoms with E-state index in [1.54, 1.807) is 13.8 Å². The third kappa shape index (κ3) is 2.33. The van der Waals surface area contributed by atoms with E-state index in [1.165, 1.54) is 6.08 Å². The van der Waals surface area contributed by atoms with Crippen LogP contribution in [0.15, 0.2) is 22.8 Å². The summed E-state index contributed by atoms with van der Waals surface area (Å²) in [5, 5.41) is 8.93. The third-order valence-electron chi connectivity index (χ3n) is 3.82. The molecule has 5 nitrogen and oxygen atoms in total. The van der Waals surface area contributed by atoms with Gasteiger partial charge >= 0.3 is 5.97 Å². The average Bonchev–Trinajstić information content (AvgIpc) is 2.77. The highest BCUT2D eigenvalue weighted by atomic mass is 16.5. The Morgan fingerprint density at radius 1 is 1.35 bits per heavy atom. The summed E-state index contributed by atoms with van der Waals surface area (Å²) in [4.78, 5) is 36.3. The molecular weight excluding hydrogens is 260 g/mol.